The first-order chi connectivity index (χ1) is 6.22. The van der Waals surface area contributed by atoms with Crippen molar-refractivity contribution in [3.63, 3.8) is 0 Å². The van der Waals surface area contributed by atoms with Crippen molar-refractivity contribution in [3.8, 4) is 0 Å². The summed E-state index contributed by atoms with van der Waals surface area (Å²) in [5, 5.41) is 17.4. The molecule has 0 heterocycles. The minimum Gasteiger partial charge on any atom is -0.396 e. The molecular formula is C10H23NO2. The van der Waals surface area contributed by atoms with E-state index < -0.39 is 0 Å². The lowest BCUT2D eigenvalue weighted by atomic mass is 10.0. The first-order valence-corrected chi connectivity index (χ1v) is 5.10. The van der Waals surface area contributed by atoms with Crippen LogP contribution in [0.3, 0.4) is 0 Å². The standard InChI is InChI=1S/C10H23NO2/c1-11(2)10(7-5-9-13)6-3-4-8-12/h10,12-13H,3-9H2,1-2H3. The lowest BCUT2D eigenvalue weighted by molar-refractivity contribution is 0.215. The minimum absolute atomic E-state index is 0.282. The van der Waals surface area contributed by atoms with Crippen molar-refractivity contribution in [3.05, 3.63) is 0 Å². The average molecular weight is 189 g/mol. The van der Waals surface area contributed by atoms with Gasteiger partial charge < -0.3 is 15.1 Å². The summed E-state index contributed by atoms with van der Waals surface area (Å²) >= 11 is 0. The Balaban J connectivity index is 3.54. The second-order valence-corrected chi connectivity index (χ2v) is 3.70. The minimum atomic E-state index is 0.282. The molecule has 0 amide bonds. The second-order valence-electron chi connectivity index (χ2n) is 3.70. The number of aliphatic hydroxyl groups is 2. The van der Waals surface area contributed by atoms with Crippen LogP contribution in [0.5, 0.6) is 0 Å². The molecule has 0 aromatic heterocycles. The van der Waals surface area contributed by atoms with E-state index in [1.807, 2.05) is 0 Å². The Kier molecular flexibility index (Phi) is 8.40. The summed E-state index contributed by atoms with van der Waals surface area (Å²) in [5.74, 6) is 0. The highest BCUT2D eigenvalue weighted by Gasteiger charge is 2.09. The van der Waals surface area contributed by atoms with Gasteiger partial charge in [-0.25, -0.2) is 0 Å². The molecule has 1 unspecified atom stereocenters. The number of unbranched alkanes of at least 4 members (excludes halogenated alkanes) is 1. The normalized spacial score (nSPS) is 13.6. The third kappa shape index (κ3) is 6.99. The molecular weight excluding hydrogens is 166 g/mol. The number of aliphatic hydroxyl groups excluding tert-OH is 2. The van der Waals surface area contributed by atoms with Gasteiger partial charge in [0.25, 0.3) is 0 Å². The molecule has 3 heteroatoms. The largest absolute Gasteiger partial charge is 0.396 e. The fourth-order valence-corrected chi connectivity index (χ4v) is 1.48. The van der Waals surface area contributed by atoms with Crippen LogP contribution in [-0.4, -0.2) is 48.5 Å². The van der Waals surface area contributed by atoms with E-state index in [0.717, 1.165) is 32.1 Å². The lowest BCUT2D eigenvalue weighted by Crippen LogP contribution is -2.28. The van der Waals surface area contributed by atoms with Crippen LogP contribution in [-0.2, 0) is 0 Å². The Morgan fingerprint density at radius 3 is 1.92 bits per heavy atom. The van der Waals surface area contributed by atoms with E-state index in [0.29, 0.717) is 12.6 Å². The Morgan fingerprint density at radius 2 is 1.46 bits per heavy atom. The van der Waals surface area contributed by atoms with E-state index in [9.17, 15) is 0 Å². The average Bonchev–Trinajstić information content (AvgIpc) is 2.10. The number of nitrogens with zero attached hydrogens (tertiary/aromatic N) is 1. The Morgan fingerprint density at radius 1 is 0.923 bits per heavy atom. The van der Waals surface area contributed by atoms with Crippen LogP contribution in [0, 0.1) is 0 Å². The van der Waals surface area contributed by atoms with E-state index >= 15 is 0 Å². The third-order valence-electron chi connectivity index (χ3n) is 2.37. The number of hydrogen-bond donors (Lipinski definition) is 2. The Labute approximate surface area is 81.4 Å². The summed E-state index contributed by atoms with van der Waals surface area (Å²) in [6.07, 6.45) is 5.01. The molecule has 0 aliphatic rings. The quantitative estimate of drug-likeness (QED) is 0.556. The van der Waals surface area contributed by atoms with Crippen LogP contribution >= 0.6 is 0 Å². The summed E-state index contributed by atoms with van der Waals surface area (Å²) in [4.78, 5) is 2.20. The zero-order chi connectivity index (χ0) is 10.1. The van der Waals surface area contributed by atoms with Gasteiger partial charge in [0.2, 0.25) is 0 Å². The molecule has 0 radical (unpaired) electrons. The predicted octanol–water partition coefficient (Wildman–Crippen LogP) is 0.852. The monoisotopic (exact) mass is 189 g/mol. The van der Waals surface area contributed by atoms with Crippen molar-refractivity contribution in [1.29, 1.82) is 0 Å². The zero-order valence-corrected chi connectivity index (χ0v) is 8.87. The molecule has 0 spiro atoms. The Bertz CT molecular complexity index is 107. The van der Waals surface area contributed by atoms with Crippen LogP contribution < -0.4 is 0 Å². The fraction of sp³-hybridized carbons (Fsp3) is 1.00. The van der Waals surface area contributed by atoms with Gasteiger partial charge in [-0.05, 0) is 46.2 Å². The molecule has 0 fully saturated rings. The molecule has 0 aromatic rings. The van der Waals surface area contributed by atoms with Gasteiger partial charge in [-0.1, -0.05) is 0 Å². The molecule has 2 N–H and O–H groups in total. The van der Waals surface area contributed by atoms with Gasteiger partial charge in [0, 0.05) is 19.3 Å². The van der Waals surface area contributed by atoms with Crippen molar-refractivity contribution in [2.24, 2.45) is 0 Å². The molecule has 80 valence electrons. The van der Waals surface area contributed by atoms with Crippen molar-refractivity contribution >= 4 is 0 Å². The van der Waals surface area contributed by atoms with Gasteiger partial charge in [-0.15, -0.1) is 0 Å². The van der Waals surface area contributed by atoms with Gasteiger partial charge in [-0.2, -0.15) is 0 Å². The van der Waals surface area contributed by atoms with Crippen molar-refractivity contribution in [2.45, 2.75) is 38.1 Å². The highest BCUT2D eigenvalue weighted by molar-refractivity contribution is 4.65. The van der Waals surface area contributed by atoms with Crippen molar-refractivity contribution in [2.75, 3.05) is 27.3 Å². The van der Waals surface area contributed by atoms with E-state index in [4.69, 9.17) is 10.2 Å². The molecule has 1 atom stereocenters. The topological polar surface area (TPSA) is 43.7 Å². The van der Waals surface area contributed by atoms with Gasteiger partial charge in [0.05, 0.1) is 0 Å². The van der Waals surface area contributed by atoms with Gasteiger partial charge in [-0.3, -0.25) is 0 Å². The molecule has 0 aromatic carbocycles. The summed E-state index contributed by atoms with van der Waals surface area (Å²) in [6, 6.07) is 0.554. The first-order valence-electron chi connectivity index (χ1n) is 5.10. The summed E-state index contributed by atoms with van der Waals surface area (Å²) in [7, 11) is 4.14. The molecule has 0 rings (SSSR count). The van der Waals surface area contributed by atoms with Crippen molar-refractivity contribution < 1.29 is 10.2 Å². The molecule has 0 bridgehead atoms. The lowest BCUT2D eigenvalue weighted by Gasteiger charge is -2.23. The maximum atomic E-state index is 8.71. The molecule has 0 aliphatic heterocycles. The van der Waals surface area contributed by atoms with Crippen molar-refractivity contribution in [1.82, 2.24) is 4.90 Å². The maximum Gasteiger partial charge on any atom is 0.0431 e. The molecule has 3 nitrogen and oxygen atoms in total. The van der Waals surface area contributed by atoms with Crippen LogP contribution in [0.1, 0.15) is 32.1 Å². The first kappa shape index (κ1) is 12.9. The van der Waals surface area contributed by atoms with Gasteiger partial charge >= 0.3 is 0 Å². The predicted molar refractivity (Wildman–Crippen MR) is 54.7 cm³/mol. The highest BCUT2D eigenvalue weighted by atomic mass is 16.3. The molecule has 0 aliphatic carbocycles. The Hall–Kier alpha value is -0.120. The fourth-order valence-electron chi connectivity index (χ4n) is 1.48. The highest BCUT2D eigenvalue weighted by Crippen LogP contribution is 2.11. The van der Waals surface area contributed by atoms with Gasteiger partial charge in [0.15, 0.2) is 0 Å². The third-order valence-corrected chi connectivity index (χ3v) is 2.37. The van der Waals surface area contributed by atoms with E-state index in [2.05, 4.69) is 19.0 Å². The number of rotatable bonds is 8. The van der Waals surface area contributed by atoms with E-state index in [1.54, 1.807) is 0 Å². The SMILES string of the molecule is CN(C)C(CCCO)CCCCO. The smallest absolute Gasteiger partial charge is 0.0431 e. The van der Waals surface area contributed by atoms with Crippen LogP contribution in [0.2, 0.25) is 0 Å². The van der Waals surface area contributed by atoms with E-state index in [-0.39, 0.29) is 6.61 Å². The van der Waals surface area contributed by atoms with Crippen LogP contribution in [0.15, 0.2) is 0 Å². The summed E-state index contributed by atoms with van der Waals surface area (Å²) in [5.41, 5.74) is 0. The molecule has 0 saturated heterocycles. The molecule has 13 heavy (non-hydrogen) atoms. The number of hydrogen-bond acceptors (Lipinski definition) is 3. The zero-order valence-electron chi connectivity index (χ0n) is 8.87. The maximum absolute atomic E-state index is 8.71. The van der Waals surface area contributed by atoms with E-state index in [1.165, 1.54) is 0 Å². The summed E-state index contributed by atoms with van der Waals surface area (Å²) in [6.45, 7) is 0.574. The van der Waals surface area contributed by atoms with Crippen LogP contribution in [0.25, 0.3) is 0 Å². The summed E-state index contributed by atoms with van der Waals surface area (Å²) < 4.78 is 0. The van der Waals surface area contributed by atoms with Crippen LogP contribution in [0.4, 0.5) is 0 Å². The molecule has 0 saturated carbocycles. The second kappa shape index (κ2) is 8.48. The van der Waals surface area contributed by atoms with Gasteiger partial charge in [0.1, 0.15) is 0 Å².